The van der Waals surface area contributed by atoms with Crippen LogP contribution < -0.4 is 15.5 Å². The van der Waals surface area contributed by atoms with Gasteiger partial charge in [-0.3, -0.25) is 10.1 Å². The number of hydrogen-bond donors (Lipinski definition) is 2. The fraction of sp³-hybridized carbons (Fsp3) is 0.286. The van der Waals surface area contributed by atoms with Gasteiger partial charge >= 0.3 is 6.09 Å². The summed E-state index contributed by atoms with van der Waals surface area (Å²) >= 11 is 0. The molecule has 2 amide bonds. The molecule has 0 aromatic heterocycles. The van der Waals surface area contributed by atoms with E-state index in [4.69, 9.17) is 4.74 Å². The SMILES string of the molecule is O=C(Nc1ccc(CCN2C(=O)[C@H]3CCC[C@H]3Nc3ccccc32)cc1)OCc1ccccc1. The highest BCUT2D eigenvalue weighted by molar-refractivity contribution is 6.00. The van der Waals surface area contributed by atoms with E-state index in [-0.39, 0.29) is 24.5 Å². The molecule has 2 aliphatic rings. The van der Waals surface area contributed by atoms with Gasteiger partial charge in [-0.1, -0.05) is 61.0 Å². The lowest BCUT2D eigenvalue weighted by Crippen LogP contribution is -2.39. The van der Waals surface area contributed by atoms with Crippen LogP contribution in [0.1, 0.15) is 30.4 Å². The number of amides is 2. The summed E-state index contributed by atoms with van der Waals surface area (Å²) in [5.74, 6) is 0.264. The zero-order chi connectivity index (χ0) is 23.3. The van der Waals surface area contributed by atoms with E-state index < -0.39 is 6.09 Å². The van der Waals surface area contributed by atoms with Crippen LogP contribution in [0.25, 0.3) is 0 Å². The van der Waals surface area contributed by atoms with E-state index in [0.717, 1.165) is 48.2 Å². The molecule has 1 heterocycles. The van der Waals surface area contributed by atoms with Crippen molar-refractivity contribution in [2.75, 3.05) is 22.1 Å². The molecule has 0 bridgehead atoms. The number of para-hydroxylation sites is 2. The summed E-state index contributed by atoms with van der Waals surface area (Å²) in [6.45, 7) is 0.847. The third-order valence-corrected chi connectivity index (χ3v) is 6.67. The fourth-order valence-electron chi connectivity index (χ4n) is 4.88. The van der Waals surface area contributed by atoms with Crippen LogP contribution in [-0.2, 0) is 22.6 Å². The van der Waals surface area contributed by atoms with Crippen molar-refractivity contribution >= 4 is 29.1 Å². The van der Waals surface area contributed by atoms with Gasteiger partial charge in [0.25, 0.3) is 0 Å². The second kappa shape index (κ2) is 10.00. The van der Waals surface area contributed by atoms with E-state index in [0.29, 0.717) is 12.2 Å². The summed E-state index contributed by atoms with van der Waals surface area (Å²) in [4.78, 5) is 27.4. The highest BCUT2D eigenvalue weighted by Gasteiger charge is 2.39. The van der Waals surface area contributed by atoms with Crippen LogP contribution in [0.3, 0.4) is 0 Å². The predicted molar refractivity (Wildman–Crippen MR) is 134 cm³/mol. The first kappa shape index (κ1) is 22.0. The first-order valence-electron chi connectivity index (χ1n) is 11.9. The molecule has 0 saturated heterocycles. The Labute approximate surface area is 199 Å². The lowest BCUT2D eigenvalue weighted by atomic mass is 10.0. The lowest BCUT2D eigenvalue weighted by Gasteiger charge is -2.25. The van der Waals surface area contributed by atoms with Gasteiger partial charge in [-0.15, -0.1) is 0 Å². The molecule has 3 aromatic carbocycles. The Balaban J connectivity index is 1.20. The van der Waals surface area contributed by atoms with E-state index >= 15 is 0 Å². The Bertz CT molecular complexity index is 1150. The average Bonchev–Trinajstić information content (AvgIpc) is 3.29. The third kappa shape index (κ3) is 4.91. The number of carbonyl (C=O) groups excluding carboxylic acids is 2. The van der Waals surface area contributed by atoms with E-state index in [1.807, 2.05) is 77.7 Å². The molecule has 5 rings (SSSR count). The van der Waals surface area contributed by atoms with Gasteiger partial charge in [0, 0.05) is 18.3 Å². The number of rotatable bonds is 6. The number of nitrogens with one attached hydrogen (secondary N) is 2. The Morgan fingerprint density at radius 2 is 1.71 bits per heavy atom. The molecule has 6 heteroatoms. The van der Waals surface area contributed by atoms with Crippen molar-refractivity contribution in [2.45, 2.75) is 38.3 Å². The van der Waals surface area contributed by atoms with Crippen molar-refractivity contribution in [3.63, 3.8) is 0 Å². The lowest BCUT2D eigenvalue weighted by molar-refractivity contribution is -0.122. The number of benzene rings is 3. The number of carbonyl (C=O) groups is 2. The van der Waals surface area contributed by atoms with Crippen LogP contribution in [0, 0.1) is 5.92 Å². The van der Waals surface area contributed by atoms with Crippen molar-refractivity contribution in [3.05, 3.63) is 90.0 Å². The predicted octanol–water partition coefficient (Wildman–Crippen LogP) is 5.61. The second-order valence-corrected chi connectivity index (χ2v) is 8.93. The van der Waals surface area contributed by atoms with Gasteiger partial charge < -0.3 is 15.0 Å². The first-order chi connectivity index (χ1) is 16.7. The van der Waals surface area contributed by atoms with E-state index in [2.05, 4.69) is 16.7 Å². The minimum absolute atomic E-state index is 0.0425. The Kier molecular flexibility index (Phi) is 6.47. The van der Waals surface area contributed by atoms with Gasteiger partial charge in [0.05, 0.1) is 17.3 Å². The Morgan fingerprint density at radius 3 is 2.53 bits per heavy atom. The summed E-state index contributed by atoms with van der Waals surface area (Å²) in [5, 5.41) is 6.38. The zero-order valence-electron chi connectivity index (χ0n) is 19.1. The van der Waals surface area contributed by atoms with E-state index in [9.17, 15) is 9.59 Å². The van der Waals surface area contributed by atoms with Crippen LogP contribution in [0.4, 0.5) is 21.9 Å². The molecule has 1 aliphatic heterocycles. The maximum atomic E-state index is 13.4. The van der Waals surface area contributed by atoms with Gasteiger partial charge in [0.1, 0.15) is 6.61 Å². The maximum absolute atomic E-state index is 13.4. The number of hydrogen-bond acceptors (Lipinski definition) is 4. The average molecular weight is 456 g/mol. The van der Waals surface area contributed by atoms with Crippen molar-refractivity contribution in [2.24, 2.45) is 5.92 Å². The van der Waals surface area contributed by atoms with Gasteiger partial charge in [0.15, 0.2) is 0 Å². The Hall–Kier alpha value is -3.80. The standard InChI is InChI=1S/C28H29N3O3/c32-27-23-9-6-11-24(23)30-25-10-4-5-12-26(25)31(27)18-17-20-13-15-22(16-14-20)29-28(33)34-19-21-7-2-1-3-8-21/h1-5,7-8,10,12-16,23-24,30H,6,9,11,17-19H2,(H,29,33)/t23-,24+/m0/s1. The highest BCUT2D eigenvalue weighted by atomic mass is 16.5. The molecule has 0 spiro atoms. The summed E-state index contributed by atoms with van der Waals surface area (Å²) in [7, 11) is 0. The van der Waals surface area contributed by atoms with Crippen molar-refractivity contribution in [1.82, 2.24) is 0 Å². The molecule has 1 fully saturated rings. The molecular formula is C28H29N3O3. The van der Waals surface area contributed by atoms with Crippen LogP contribution in [0.15, 0.2) is 78.9 Å². The molecular weight excluding hydrogens is 426 g/mol. The number of anilines is 3. The zero-order valence-corrected chi connectivity index (χ0v) is 19.1. The molecule has 2 atom stereocenters. The molecule has 34 heavy (non-hydrogen) atoms. The fourth-order valence-corrected chi connectivity index (χ4v) is 4.88. The normalized spacial score (nSPS) is 18.9. The monoisotopic (exact) mass is 455 g/mol. The van der Waals surface area contributed by atoms with Gasteiger partial charge in [0.2, 0.25) is 5.91 Å². The third-order valence-electron chi connectivity index (χ3n) is 6.67. The maximum Gasteiger partial charge on any atom is 0.411 e. The Morgan fingerprint density at radius 1 is 0.941 bits per heavy atom. The van der Waals surface area contributed by atoms with Crippen LogP contribution in [-0.4, -0.2) is 24.6 Å². The molecule has 174 valence electrons. The summed E-state index contributed by atoms with van der Waals surface area (Å²) < 4.78 is 5.28. The molecule has 0 unspecified atom stereocenters. The van der Waals surface area contributed by atoms with E-state index in [1.54, 1.807) is 0 Å². The largest absolute Gasteiger partial charge is 0.444 e. The number of ether oxygens (including phenoxy) is 1. The summed E-state index contributed by atoms with van der Waals surface area (Å²) in [5.41, 5.74) is 4.72. The molecule has 0 radical (unpaired) electrons. The smallest absolute Gasteiger partial charge is 0.411 e. The molecule has 3 aromatic rings. The van der Waals surface area contributed by atoms with Crippen molar-refractivity contribution in [1.29, 1.82) is 0 Å². The van der Waals surface area contributed by atoms with Crippen LogP contribution in [0.2, 0.25) is 0 Å². The van der Waals surface area contributed by atoms with Crippen molar-refractivity contribution in [3.8, 4) is 0 Å². The molecule has 2 N–H and O–H groups in total. The minimum Gasteiger partial charge on any atom is -0.444 e. The second-order valence-electron chi connectivity index (χ2n) is 8.93. The van der Waals surface area contributed by atoms with E-state index in [1.165, 1.54) is 0 Å². The quantitative estimate of drug-likeness (QED) is 0.507. The molecule has 1 saturated carbocycles. The summed E-state index contributed by atoms with van der Waals surface area (Å²) in [6.07, 6.45) is 3.33. The summed E-state index contributed by atoms with van der Waals surface area (Å²) in [6, 6.07) is 25.6. The van der Waals surface area contributed by atoms with Crippen LogP contribution in [0.5, 0.6) is 0 Å². The number of nitrogens with zero attached hydrogens (tertiary/aromatic N) is 1. The molecule has 6 nitrogen and oxygen atoms in total. The minimum atomic E-state index is -0.484. The van der Waals surface area contributed by atoms with Gasteiger partial charge in [-0.25, -0.2) is 4.79 Å². The van der Waals surface area contributed by atoms with Crippen LogP contribution >= 0.6 is 0 Å². The van der Waals surface area contributed by atoms with Gasteiger partial charge in [-0.05, 0) is 54.7 Å². The van der Waals surface area contributed by atoms with Crippen molar-refractivity contribution < 1.29 is 14.3 Å². The topological polar surface area (TPSA) is 70.7 Å². The number of fused-ring (bicyclic) bond motifs is 2. The van der Waals surface area contributed by atoms with Gasteiger partial charge in [-0.2, -0.15) is 0 Å². The first-order valence-corrected chi connectivity index (χ1v) is 11.9. The highest BCUT2D eigenvalue weighted by Crippen LogP contribution is 2.38. The molecule has 1 aliphatic carbocycles.